The van der Waals surface area contributed by atoms with E-state index in [0.29, 0.717) is 11.4 Å². The van der Waals surface area contributed by atoms with Crippen molar-refractivity contribution in [2.24, 2.45) is 0 Å². The lowest BCUT2D eigenvalue weighted by atomic mass is 10.1. The van der Waals surface area contributed by atoms with Gasteiger partial charge in [0.15, 0.2) is 5.79 Å². The monoisotopic (exact) mass is 198 g/mol. The molecule has 13 heavy (non-hydrogen) atoms. The molecule has 3 heteroatoms. The molecule has 0 radical (unpaired) electrons. The Bertz CT molecular complexity index is 309. The van der Waals surface area contributed by atoms with Gasteiger partial charge >= 0.3 is 0 Å². The molecule has 0 bridgehead atoms. The Morgan fingerprint density at radius 3 is 2.54 bits per heavy atom. The van der Waals surface area contributed by atoms with Gasteiger partial charge in [-0.2, -0.15) is 0 Å². The summed E-state index contributed by atoms with van der Waals surface area (Å²) in [6.07, 6.45) is 0.672. The van der Waals surface area contributed by atoms with Gasteiger partial charge in [0, 0.05) is 24.5 Å². The van der Waals surface area contributed by atoms with Crippen molar-refractivity contribution in [3.05, 3.63) is 34.9 Å². The number of ether oxygens (including phenoxy) is 1. The van der Waals surface area contributed by atoms with E-state index in [1.54, 1.807) is 0 Å². The number of halogens is 1. The van der Waals surface area contributed by atoms with Crippen molar-refractivity contribution >= 4 is 11.6 Å². The normalized spacial score (nSPS) is 31.8. The Morgan fingerprint density at radius 1 is 1.46 bits per heavy atom. The van der Waals surface area contributed by atoms with E-state index in [-0.39, 0.29) is 5.92 Å². The molecule has 0 aliphatic heterocycles. The summed E-state index contributed by atoms with van der Waals surface area (Å²) in [5.74, 6) is -0.830. The second-order valence-corrected chi connectivity index (χ2v) is 3.79. The van der Waals surface area contributed by atoms with E-state index in [2.05, 4.69) is 0 Å². The maximum absolute atomic E-state index is 9.66. The molecule has 70 valence electrons. The van der Waals surface area contributed by atoms with Crippen molar-refractivity contribution in [1.82, 2.24) is 0 Å². The SMILES string of the molecule is CO[C@@]1(O)C[C@@H]1c1ccc(Cl)cc1. The number of rotatable bonds is 2. The van der Waals surface area contributed by atoms with Crippen LogP contribution in [0.25, 0.3) is 0 Å². The molecule has 2 rings (SSSR count). The summed E-state index contributed by atoms with van der Waals surface area (Å²) >= 11 is 5.75. The zero-order chi connectivity index (χ0) is 9.47. The van der Waals surface area contributed by atoms with Gasteiger partial charge in [-0.15, -0.1) is 0 Å². The quantitative estimate of drug-likeness (QED) is 0.738. The van der Waals surface area contributed by atoms with E-state index < -0.39 is 5.79 Å². The van der Waals surface area contributed by atoms with Crippen molar-refractivity contribution in [3.63, 3.8) is 0 Å². The number of aliphatic hydroxyl groups is 1. The molecule has 0 aromatic heterocycles. The molecule has 1 N–H and O–H groups in total. The Labute approximate surface area is 82.1 Å². The summed E-state index contributed by atoms with van der Waals surface area (Å²) in [6.45, 7) is 0. The molecule has 1 aromatic carbocycles. The molecule has 0 amide bonds. The van der Waals surface area contributed by atoms with Crippen LogP contribution in [0.3, 0.4) is 0 Å². The lowest BCUT2D eigenvalue weighted by Gasteiger charge is -2.07. The van der Waals surface area contributed by atoms with Gasteiger partial charge in [0.1, 0.15) is 0 Å². The highest BCUT2D eigenvalue weighted by molar-refractivity contribution is 6.30. The molecule has 1 fully saturated rings. The smallest absolute Gasteiger partial charge is 0.172 e. The van der Waals surface area contributed by atoms with Gasteiger partial charge in [0.05, 0.1) is 0 Å². The van der Waals surface area contributed by atoms with Gasteiger partial charge in [-0.05, 0) is 17.7 Å². The second kappa shape index (κ2) is 2.98. The predicted octanol–water partition coefficient (Wildman–Crippen LogP) is 2.16. The van der Waals surface area contributed by atoms with Crippen LogP contribution in [-0.2, 0) is 4.74 Å². The summed E-state index contributed by atoms with van der Waals surface area (Å²) in [5.41, 5.74) is 1.08. The van der Waals surface area contributed by atoms with Crippen LogP contribution in [0.2, 0.25) is 5.02 Å². The van der Waals surface area contributed by atoms with Crippen LogP contribution < -0.4 is 0 Å². The first-order valence-electron chi connectivity index (χ1n) is 4.19. The highest BCUT2D eigenvalue weighted by Crippen LogP contribution is 2.51. The first kappa shape index (κ1) is 9.00. The van der Waals surface area contributed by atoms with Crippen molar-refractivity contribution in [2.75, 3.05) is 7.11 Å². The van der Waals surface area contributed by atoms with Crippen molar-refractivity contribution in [3.8, 4) is 0 Å². The fourth-order valence-electron chi connectivity index (χ4n) is 1.53. The molecule has 2 nitrogen and oxygen atoms in total. The Hall–Kier alpha value is -0.570. The topological polar surface area (TPSA) is 29.5 Å². The minimum atomic E-state index is -0.937. The molecule has 1 aromatic rings. The van der Waals surface area contributed by atoms with Gasteiger partial charge in [-0.3, -0.25) is 0 Å². The third kappa shape index (κ3) is 1.57. The van der Waals surface area contributed by atoms with Gasteiger partial charge in [-0.25, -0.2) is 0 Å². The summed E-state index contributed by atoms with van der Waals surface area (Å²) in [7, 11) is 1.52. The first-order valence-corrected chi connectivity index (χ1v) is 4.56. The summed E-state index contributed by atoms with van der Waals surface area (Å²) in [6, 6.07) is 7.49. The Kier molecular flexibility index (Phi) is 2.06. The van der Waals surface area contributed by atoms with E-state index in [4.69, 9.17) is 16.3 Å². The fraction of sp³-hybridized carbons (Fsp3) is 0.400. The lowest BCUT2D eigenvalue weighted by Crippen LogP contribution is -2.12. The van der Waals surface area contributed by atoms with Crippen molar-refractivity contribution in [1.29, 1.82) is 0 Å². The van der Waals surface area contributed by atoms with Crippen molar-refractivity contribution < 1.29 is 9.84 Å². The Balaban J connectivity index is 2.16. The van der Waals surface area contributed by atoms with E-state index in [9.17, 15) is 5.11 Å². The molecule has 0 saturated heterocycles. The molecule has 1 aliphatic rings. The number of hydrogen-bond donors (Lipinski definition) is 1. The summed E-state index contributed by atoms with van der Waals surface area (Å²) < 4.78 is 4.97. The highest BCUT2D eigenvalue weighted by Gasteiger charge is 2.54. The number of hydrogen-bond acceptors (Lipinski definition) is 2. The molecule has 1 aliphatic carbocycles. The van der Waals surface area contributed by atoms with Gasteiger partial charge in [-0.1, -0.05) is 23.7 Å². The van der Waals surface area contributed by atoms with Crippen LogP contribution in [0.1, 0.15) is 17.9 Å². The number of methoxy groups -OCH3 is 1. The molecule has 0 unspecified atom stereocenters. The van der Waals surface area contributed by atoms with Crippen molar-refractivity contribution in [2.45, 2.75) is 18.1 Å². The molecule has 2 atom stereocenters. The van der Waals surface area contributed by atoms with Gasteiger partial charge in [0.25, 0.3) is 0 Å². The van der Waals surface area contributed by atoms with E-state index in [1.165, 1.54) is 7.11 Å². The number of benzene rings is 1. The largest absolute Gasteiger partial charge is 0.365 e. The van der Waals surface area contributed by atoms with Crippen LogP contribution in [0.15, 0.2) is 24.3 Å². The molecule has 0 spiro atoms. The molecule has 0 heterocycles. The van der Waals surface area contributed by atoms with E-state index >= 15 is 0 Å². The average Bonchev–Trinajstić information content (AvgIpc) is 2.81. The first-order chi connectivity index (χ1) is 6.15. The van der Waals surface area contributed by atoms with Crippen LogP contribution >= 0.6 is 11.6 Å². The van der Waals surface area contributed by atoms with Crippen LogP contribution in [0.5, 0.6) is 0 Å². The zero-order valence-electron chi connectivity index (χ0n) is 7.33. The minimum absolute atomic E-state index is 0.106. The predicted molar refractivity (Wildman–Crippen MR) is 50.8 cm³/mol. The summed E-state index contributed by atoms with van der Waals surface area (Å²) in [5, 5.41) is 10.4. The highest BCUT2D eigenvalue weighted by atomic mass is 35.5. The molecule has 1 saturated carbocycles. The minimum Gasteiger partial charge on any atom is -0.365 e. The second-order valence-electron chi connectivity index (χ2n) is 3.36. The van der Waals surface area contributed by atoms with Gasteiger partial charge < -0.3 is 9.84 Å². The maximum Gasteiger partial charge on any atom is 0.172 e. The fourth-order valence-corrected chi connectivity index (χ4v) is 1.66. The van der Waals surface area contributed by atoms with Crippen LogP contribution in [0.4, 0.5) is 0 Å². The average molecular weight is 199 g/mol. The molecular weight excluding hydrogens is 188 g/mol. The third-order valence-electron chi connectivity index (χ3n) is 2.51. The Morgan fingerprint density at radius 2 is 2.08 bits per heavy atom. The zero-order valence-corrected chi connectivity index (χ0v) is 8.08. The maximum atomic E-state index is 9.66. The molecular formula is C10H11ClO2. The van der Waals surface area contributed by atoms with E-state index in [0.717, 1.165) is 5.56 Å². The van der Waals surface area contributed by atoms with E-state index in [1.807, 2.05) is 24.3 Å². The van der Waals surface area contributed by atoms with Crippen LogP contribution in [0, 0.1) is 0 Å². The summed E-state index contributed by atoms with van der Waals surface area (Å²) in [4.78, 5) is 0. The van der Waals surface area contributed by atoms with Crippen LogP contribution in [-0.4, -0.2) is 18.0 Å². The van der Waals surface area contributed by atoms with Gasteiger partial charge in [0.2, 0.25) is 0 Å². The lowest BCUT2D eigenvalue weighted by molar-refractivity contribution is -0.105. The standard InChI is InChI=1S/C10H11ClO2/c1-13-10(12)6-9(10)7-2-4-8(11)5-3-7/h2-5,9,12H,6H2,1H3/t9-,10+/m1/s1. The third-order valence-corrected chi connectivity index (χ3v) is 2.76.